The van der Waals surface area contributed by atoms with Gasteiger partial charge in [0.2, 0.25) is 5.95 Å². The van der Waals surface area contributed by atoms with Crippen LogP contribution in [-0.2, 0) is 6.54 Å². The summed E-state index contributed by atoms with van der Waals surface area (Å²) in [5.41, 5.74) is 2.47. The molecular weight excluding hydrogens is 338 g/mol. The summed E-state index contributed by atoms with van der Waals surface area (Å²) in [6.07, 6.45) is 1.45. The van der Waals surface area contributed by atoms with Gasteiger partial charge in [0.05, 0.1) is 0 Å². The van der Waals surface area contributed by atoms with Crippen molar-refractivity contribution in [2.24, 2.45) is 0 Å². The van der Waals surface area contributed by atoms with Gasteiger partial charge in [-0.1, -0.05) is 29.8 Å². The Labute approximate surface area is 149 Å². The van der Waals surface area contributed by atoms with Gasteiger partial charge in [-0.05, 0) is 30.7 Å². The lowest BCUT2D eigenvalue weighted by atomic mass is 10.1. The predicted octanol–water partition coefficient (Wildman–Crippen LogP) is 3.93. The highest BCUT2D eigenvalue weighted by Gasteiger charge is 2.11. The van der Waals surface area contributed by atoms with Gasteiger partial charge in [0.25, 0.3) is 5.91 Å². The molecule has 0 unspecified atom stereocenters. The van der Waals surface area contributed by atoms with Crippen LogP contribution >= 0.6 is 0 Å². The molecule has 0 aliphatic rings. The predicted molar refractivity (Wildman–Crippen MR) is 94.8 cm³/mol. The zero-order valence-electron chi connectivity index (χ0n) is 14.0. The minimum atomic E-state index is -1.04. The molecule has 26 heavy (non-hydrogen) atoms. The monoisotopic (exact) mass is 354 g/mol. The van der Waals surface area contributed by atoms with Crippen molar-refractivity contribution in [1.29, 1.82) is 0 Å². The fourth-order valence-electron chi connectivity index (χ4n) is 2.23. The average Bonchev–Trinajstić information content (AvgIpc) is 2.64. The third-order valence-corrected chi connectivity index (χ3v) is 3.64. The van der Waals surface area contributed by atoms with E-state index in [4.69, 9.17) is 0 Å². The number of aromatic nitrogens is 2. The lowest BCUT2D eigenvalue weighted by Crippen LogP contribution is -2.15. The molecule has 0 aliphatic carbocycles. The zero-order valence-corrected chi connectivity index (χ0v) is 14.0. The van der Waals surface area contributed by atoms with Crippen LogP contribution in [0.5, 0.6) is 0 Å². The van der Waals surface area contributed by atoms with E-state index in [0.29, 0.717) is 12.5 Å². The molecule has 0 fully saturated rings. The van der Waals surface area contributed by atoms with Crippen LogP contribution in [0.25, 0.3) is 0 Å². The molecule has 2 N–H and O–H groups in total. The van der Waals surface area contributed by atoms with E-state index >= 15 is 0 Å². The second-order valence-corrected chi connectivity index (χ2v) is 5.69. The van der Waals surface area contributed by atoms with Crippen LogP contribution < -0.4 is 10.6 Å². The molecule has 3 rings (SSSR count). The lowest BCUT2D eigenvalue weighted by Gasteiger charge is -2.08. The van der Waals surface area contributed by atoms with E-state index in [1.807, 2.05) is 31.2 Å². The largest absolute Gasteiger partial charge is 0.350 e. The maximum atomic E-state index is 13.2. The number of halogens is 2. The fraction of sp³-hybridized carbons (Fsp3) is 0.105. The van der Waals surface area contributed by atoms with Gasteiger partial charge in [0.15, 0.2) is 11.6 Å². The topological polar surface area (TPSA) is 66.9 Å². The van der Waals surface area contributed by atoms with Crippen molar-refractivity contribution in [3.05, 3.63) is 83.2 Å². The van der Waals surface area contributed by atoms with Crippen LogP contribution in [0.1, 0.15) is 21.6 Å². The average molecular weight is 354 g/mol. The number of hydrogen-bond donors (Lipinski definition) is 2. The Hall–Kier alpha value is -3.35. The first-order valence-corrected chi connectivity index (χ1v) is 7.90. The first kappa shape index (κ1) is 17.5. The fourth-order valence-corrected chi connectivity index (χ4v) is 2.23. The molecule has 0 saturated carbocycles. The number of aryl methyl sites for hydroxylation is 1. The highest BCUT2D eigenvalue weighted by atomic mass is 19.2. The van der Waals surface area contributed by atoms with Gasteiger partial charge in [0, 0.05) is 24.5 Å². The first-order valence-electron chi connectivity index (χ1n) is 7.90. The summed E-state index contributed by atoms with van der Waals surface area (Å²) in [6, 6.07) is 12.5. The van der Waals surface area contributed by atoms with Crippen molar-refractivity contribution in [1.82, 2.24) is 9.97 Å². The van der Waals surface area contributed by atoms with E-state index in [2.05, 4.69) is 20.6 Å². The number of carbonyl (C=O) groups excluding carboxylic acids is 1. The Morgan fingerprint density at radius 1 is 1.04 bits per heavy atom. The van der Waals surface area contributed by atoms with Crippen LogP contribution in [0, 0.1) is 18.6 Å². The van der Waals surface area contributed by atoms with Crippen LogP contribution in [0.4, 0.5) is 20.4 Å². The van der Waals surface area contributed by atoms with E-state index in [-0.39, 0.29) is 11.4 Å². The number of nitrogens with zero attached hydrogens (tertiary/aromatic N) is 2. The van der Waals surface area contributed by atoms with Gasteiger partial charge in [-0.15, -0.1) is 0 Å². The quantitative estimate of drug-likeness (QED) is 0.729. The second kappa shape index (κ2) is 7.69. The number of hydrogen-bond acceptors (Lipinski definition) is 4. The molecule has 5 nitrogen and oxygen atoms in total. The Bertz CT molecular complexity index is 929. The van der Waals surface area contributed by atoms with Crippen LogP contribution in [0.3, 0.4) is 0 Å². The number of carbonyl (C=O) groups is 1. The van der Waals surface area contributed by atoms with Gasteiger partial charge in [-0.25, -0.2) is 18.7 Å². The van der Waals surface area contributed by atoms with Crippen LogP contribution in [0.15, 0.2) is 54.7 Å². The summed E-state index contributed by atoms with van der Waals surface area (Å²) in [4.78, 5) is 20.4. The molecular formula is C19H16F2N4O. The molecule has 0 bridgehead atoms. The minimum absolute atomic E-state index is 0.108. The Morgan fingerprint density at radius 3 is 2.54 bits per heavy atom. The normalized spacial score (nSPS) is 10.4. The molecule has 2 aromatic carbocycles. The van der Waals surface area contributed by atoms with E-state index in [1.165, 1.54) is 23.9 Å². The zero-order chi connectivity index (χ0) is 18.5. The Kier molecular flexibility index (Phi) is 5.17. The Balaban J connectivity index is 1.66. The van der Waals surface area contributed by atoms with E-state index in [1.54, 1.807) is 0 Å². The number of anilines is 2. The van der Waals surface area contributed by atoms with Crippen molar-refractivity contribution in [3.8, 4) is 0 Å². The molecule has 132 valence electrons. The summed E-state index contributed by atoms with van der Waals surface area (Å²) in [6.45, 7) is 2.52. The second-order valence-electron chi connectivity index (χ2n) is 5.69. The molecule has 3 aromatic rings. The van der Waals surface area contributed by atoms with Crippen LogP contribution in [0.2, 0.25) is 0 Å². The maximum Gasteiger partial charge on any atom is 0.274 e. The summed E-state index contributed by atoms with van der Waals surface area (Å²) in [5.74, 6) is -2.26. The minimum Gasteiger partial charge on any atom is -0.350 e. The SMILES string of the molecule is Cc1ccc(CNc2nccc(C(=O)Nc3ccc(F)c(F)c3)n2)cc1. The molecule has 1 amide bonds. The standard InChI is InChI=1S/C19H16F2N4O/c1-12-2-4-13(5-3-12)11-23-19-22-9-8-17(25-19)18(26)24-14-6-7-15(20)16(21)10-14/h2-10H,11H2,1H3,(H,24,26)(H,22,23,25). The first-order chi connectivity index (χ1) is 12.5. The van der Waals surface area contributed by atoms with E-state index in [0.717, 1.165) is 17.7 Å². The lowest BCUT2D eigenvalue weighted by molar-refractivity contribution is 0.102. The van der Waals surface area contributed by atoms with Gasteiger partial charge in [0.1, 0.15) is 5.69 Å². The maximum absolute atomic E-state index is 13.2. The summed E-state index contributed by atoms with van der Waals surface area (Å²) < 4.78 is 26.2. The molecule has 0 radical (unpaired) electrons. The third kappa shape index (κ3) is 4.38. The molecule has 0 atom stereocenters. The number of benzene rings is 2. The summed E-state index contributed by atoms with van der Waals surface area (Å²) in [5, 5.41) is 5.51. The van der Waals surface area contributed by atoms with Gasteiger partial charge in [-0.3, -0.25) is 4.79 Å². The van der Waals surface area contributed by atoms with Crippen molar-refractivity contribution in [2.75, 3.05) is 10.6 Å². The summed E-state index contributed by atoms with van der Waals surface area (Å²) >= 11 is 0. The number of rotatable bonds is 5. The van der Waals surface area contributed by atoms with Crippen LogP contribution in [-0.4, -0.2) is 15.9 Å². The molecule has 0 saturated heterocycles. The van der Waals surface area contributed by atoms with Crippen molar-refractivity contribution in [2.45, 2.75) is 13.5 Å². The smallest absolute Gasteiger partial charge is 0.274 e. The highest BCUT2D eigenvalue weighted by molar-refractivity contribution is 6.02. The van der Waals surface area contributed by atoms with Crippen molar-refractivity contribution in [3.63, 3.8) is 0 Å². The molecule has 0 spiro atoms. The van der Waals surface area contributed by atoms with E-state index < -0.39 is 17.5 Å². The van der Waals surface area contributed by atoms with Crippen molar-refractivity contribution < 1.29 is 13.6 Å². The third-order valence-electron chi connectivity index (χ3n) is 3.64. The highest BCUT2D eigenvalue weighted by Crippen LogP contribution is 2.14. The number of amides is 1. The van der Waals surface area contributed by atoms with Gasteiger partial charge in [-0.2, -0.15) is 0 Å². The van der Waals surface area contributed by atoms with Crippen molar-refractivity contribution >= 4 is 17.5 Å². The van der Waals surface area contributed by atoms with Gasteiger partial charge < -0.3 is 10.6 Å². The molecule has 1 aromatic heterocycles. The number of nitrogens with one attached hydrogen (secondary N) is 2. The molecule has 7 heteroatoms. The Morgan fingerprint density at radius 2 is 1.81 bits per heavy atom. The van der Waals surface area contributed by atoms with Gasteiger partial charge >= 0.3 is 0 Å². The van der Waals surface area contributed by atoms with E-state index in [9.17, 15) is 13.6 Å². The molecule has 1 heterocycles. The molecule has 0 aliphatic heterocycles. The summed E-state index contributed by atoms with van der Waals surface area (Å²) in [7, 11) is 0.